The van der Waals surface area contributed by atoms with E-state index in [1.54, 1.807) is 165 Å². The van der Waals surface area contributed by atoms with Crippen LogP contribution < -0.4 is 77.4 Å². The number of benzene rings is 14. The minimum Gasteiger partial charge on any atom is -0.399 e. The van der Waals surface area contributed by atoms with Crippen LogP contribution in [-0.2, 0) is 42.5 Å². The van der Waals surface area contributed by atoms with Crippen molar-refractivity contribution >= 4 is 127 Å². The van der Waals surface area contributed by atoms with E-state index >= 15 is 0 Å². The molecule has 0 bridgehead atoms. The lowest BCUT2D eigenvalue weighted by atomic mass is 10.0. The molecule has 0 aliphatic rings. The number of nitro groups is 1. The van der Waals surface area contributed by atoms with E-state index in [2.05, 4.69) is 37.2 Å². The van der Waals surface area contributed by atoms with Gasteiger partial charge in [-0.2, -0.15) is 57.9 Å². The Labute approximate surface area is 807 Å². The van der Waals surface area contributed by atoms with E-state index in [1.807, 2.05) is 65.0 Å². The Bertz CT molecular complexity index is 6900. The number of ketones is 1. The number of Topliss-reactive ketones (excluding diaryl/α,β-unsaturated/α-hetero) is 1. The number of nitrogens with zero attached hydrogens (tertiary/aromatic N) is 2. The smallest absolute Gasteiger partial charge is 0.399 e. The summed E-state index contributed by atoms with van der Waals surface area (Å²) in [6.45, 7) is 12.9. The molecule has 14 rings (SSSR count). The number of hydrogen-bond acceptors (Lipinski definition) is 18. The van der Waals surface area contributed by atoms with Gasteiger partial charge >= 0.3 is 24.7 Å². The van der Waals surface area contributed by atoms with Gasteiger partial charge in [-0.05, 0) is 323 Å². The molecule has 0 fully saturated rings. The molecule has 21 N–H and O–H groups in total. The SMILES string of the molecule is CC(=O)Nc1ccc(C(=O)Nc2ccc(N)c(C)c2)cc1.Cc1cc(NC(=O)c2ccc(C#N)cc2)ccc1N.Cc1cc(NC(=O)c2ccc([N+](=O)[O-])cc2)ccc1N.Cc1cc(NC(=O)c2cccc(C(F)(F)F)c2)ccc1N.Cc1cc(NCc2cccc(C(F)(F)F)c2)ccc1N.Cc1ccc(CC(=O)c2ccc(C(F)(F)F)cc2)cc1N.Nc1cccc(NC(=O)c2cccc(C(F)(F)F)c2)c1. The summed E-state index contributed by atoms with van der Waals surface area (Å²) in [6, 6.07) is 76.4. The van der Waals surface area contributed by atoms with Crippen LogP contribution in [0.4, 0.5) is 138 Å². The summed E-state index contributed by atoms with van der Waals surface area (Å²) in [6.07, 6.45) is -17.6. The maximum atomic E-state index is 12.6. The summed E-state index contributed by atoms with van der Waals surface area (Å²) in [7, 11) is 0. The van der Waals surface area contributed by atoms with Gasteiger partial charge in [-0.3, -0.25) is 43.7 Å². The van der Waals surface area contributed by atoms with Crippen molar-refractivity contribution in [1.29, 1.82) is 5.26 Å². The maximum Gasteiger partial charge on any atom is 0.416 e. The monoisotopic (exact) mass is 1950 g/mol. The molecule has 0 aromatic heterocycles. The van der Waals surface area contributed by atoms with E-state index < -0.39 is 63.7 Å². The lowest BCUT2D eigenvalue weighted by molar-refractivity contribution is -0.384. The molecule has 37 heteroatoms. The molecule has 14 aromatic carbocycles. The summed E-state index contributed by atoms with van der Waals surface area (Å²) < 4.78 is 151. The fourth-order valence-electron chi connectivity index (χ4n) is 12.4. The number of carbonyl (C=O) groups excluding carboxylic acids is 7. The van der Waals surface area contributed by atoms with Crippen molar-refractivity contribution in [2.24, 2.45) is 0 Å². The number of aryl methyl sites for hydroxylation is 6. The van der Waals surface area contributed by atoms with E-state index in [0.717, 1.165) is 93.2 Å². The third-order valence-corrected chi connectivity index (χ3v) is 20.5. The number of nitro benzene ring substituents is 1. The van der Waals surface area contributed by atoms with Gasteiger partial charge < -0.3 is 77.4 Å². The second-order valence-electron chi connectivity index (χ2n) is 31.6. The second-order valence-corrected chi connectivity index (χ2v) is 31.6. The Morgan fingerprint density at radius 3 is 1.00 bits per heavy atom. The molecule has 0 aliphatic carbocycles. The van der Waals surface area contributed by atoms with E-state index in [-0.39, 0.29) is 58.2 Å². The van der Waals surface area contributed by atoms with Crippen molar-refractivity contribution in [1.82, 2.24) is 0 Å². The molecule has 0 saturated carbocycles. The van der Waals surface area contributed by atoms with Crippen LogP contribution in [0.3, 0.4) is 0 Å². The van der Waals surface area contributed by atoms with Gasteiger partial charge in [0.1, 0.15) is 0 Å². The van der Waals surface area contributed by atoms with Crippen molar-refractivity contribution in [3.05, 3.63) is 419 Å². The number of non-ortho nitro benzene ring substituents is 1. The summed E-state index contributed by atoms with van der Waals surface area (Å²) in [5.41, 5.74) is 54.1. The Kier molecular flexibility index (Phi) is 38.2. The number of alkyl halides is 12. The zero-order chi connectivity index (χ0) is 105. The van der Waals surface area contributed by atoms with Crippen molar-refractivity contribution in [3.63, 3.8) is 0 Å². The number of halogens is 12. The number of nitrogens with two attached hydrogens (primary N) is 7. The quantitative estimate of drug-likeness (QED) is 0.0125. The largest absolute Gasteiger partial charge is 0.416 e. The van der Waals surface area contributed by atoms with Crippen LogP contribution in [0.5, 0.6) is 0 Å². The summed E-state index contributed by atoms with van der Waals surface area (Å²) in [5, 5.41) is 38.3. The second kappa shape index (κ2) is 49.7. The number of nitrogens with one attached hydrogen (secondary N) is 7. The minimum absolute atomic E-state index is 0.0510. The summed E-state index contributed by atoms with van der Waals surface area (Å²) in [5.74, 6) is -2.38. The highest BCUT2D eigenvalue weighted by Gasteiger charge is 2.34. The van der Waals surface area contributed by atoms with Gasteiger partial charge in [-0.25, -0.2) is 0 Å². The Hall–Kier alpha value is -18.0. The first-order valence-electron chi connectivity index (χ1n) is 42.4. The average Bonchev–Trinajstić information content (AvgIpc) is 0.836. The summed E-state index contributed by atoms with van der Waals surface area (Å²) in [4.78, 5) is 93.0. The zero-order valence-corrected chi connectivity index (χ0v) is 76.9. The molecule has 0 saturated heterocycles. The van der Waals surface area contributed by atoms with E-state index in [1.165, 1.54) is 79.7 Å². The minimum atomic E-state index is -4.48. The highest BCUT2D eigenvalue weighted by Crippen LogP contribution is 2.35. The molecule has 0 spiro atoms. The molecule has 0 atom stereocenters. The van der Waals surface area contributed by atoms with Crippen LogP contribution in [0.1, 0.15) is 141 Å². The van der Waals surface area contributed by atoms with Crippen LogP contribution >= 0.6 is 0 Å². The van der Waals surface area contributed by atoms with Gasteiger partial charge in [0.05, 0.1) is 38.8 Å². The van der Waals surface area contributed by atoms with E-state index in [9.17, 15) is 96.4 Å². The number of nitriles is 1. The molecular formula is C105H96F12N16O9. The van der Waals surface area contributed by atoms with Crippen LogP contribution in [0.15, 0.2) is 303 Å². The van der Waals surface area contributed by atoms with Crippen molar-refractivity contribution < 1.29 is 91.2 Å². The molecule has 14 aromatic rings. The topological polar surface area (TPSA) is 453 Å². The number of nitrogen functional groups attached to an aromatic ring is 7. The van der Waals surface area contributed by atoms with Crippen LogP contribution in [0.2, 0.25) is 0 Å². The van der Waals surface area contributed by atoms with Gasteiger partial charge in [0, 0.05) is 145 Å². The fraction of sp³-hybridized carbons (Fsp3) is 0.124. The Balaban J connectivity index is 0.000000203. The molecule has 6 amide bonds. The molecule has 0 heterocycles. The number of rotatable bonds is 18. The van der Waals surface area contributed by atoms with Crippen LogP contribution in [0.25, 0.3) is 0 Å². The number of anilines is 14. The highest BCUT2D eigenvalue weighted by atomic mass is 19.4. The van der Waals surface area contributed by atoms with Gasteiger partial charge in [0.25, 0.3) is 35.2 Å². The van der Waals surface area contributed by atoms with Crippen molar-refractivity contribution in [2.75, 3.05) is 77.4 Å². The van der Waals surface area contributed by atoms with Crippen LogP contribution in [0, 0.1) is 63.0 Å². The predicted octanol–water partition coefficient (Wildman–Crippen LogP) is 23.8. The molecular weight excluding hydrogens is 1860 g/mol. The zero-order valence-electron chi connectivity index (χ0n) is 76.9. The molecule has 25 nitrogen and oxygen atoms in total. The van der Waals surface area contributed by atoms with Gasteiger partial charge in [0.15, 0.2) is 5.78 Å². The summed E-state index contributed by atoms with van der Waals surface area (Å²) >= 11 is 0. The van der Waals surface area contributed by atoms with E-state index in [0.29, 0.717) is 108 Å². The number of hydrogen-bond donors (Lipinski definition) is 14. The number of carbonyl (C=O) groups is 7. The molecule has 734 valence electrons. The van der Waals surface area contributed by atoms with Gasteiger partial charge in [-0.15, -0.1) is 0 Å². The standard InChI is InChI=1S/C16H14F3NO.C16H17N3O2.C15H13F3N2O.C15H15F3N2.C15H13N3O.C14H11F3N2O.C14H13N3O3/c1-10-2-3-11(8-14(10)20)9-15(21)12-4-6-13(7-5-12)16(17,18)19;1-10-9-14(7-8-15(10)17)19-16(21)12-3-5-13(6-4-12)18-11(2)20;1-9-7-12(5-6-13(9)19)20-14(21)10-3-2-4-11(8-10)15(16,17)18;1-10-7-13(5-6-14(10)19)20-9-11-3-2-4-12(8-11)15(16,17)18;1-10-8-13(6-7-14(10)17)18-15(19)12-4-2-11(9-16)3-5-12;15-14(16,17)10-4-1-3-9(7-10)13(20)19-12-6-2-5-11(18)8-12;1-9-8-11(4-7-13(9)15)16-14(18)10-2-5-12(6-3-10)17(19)20/h2-8H,9,20H2,1H3;3-9H,17H2,1-2H3,(H,18,20)(H,19,21);2-8H,19H2,1H3,(H,20,21);2-8,20H,9,19H2,1H3;2-8H,17H2,1H3,(H,18,19);1-8H,18H2,(H,19,20);2-8H,15H2,1H3,(H,16,18). The first kappa shape index (κ1) is 109. The van der Waals surface area contributed by atoms with Crippen LogP contribution in [-0.4, -0.2) is 46.1 Å². The number of amides is 6. The van der Waals surface area contributed by atoms with E-state index in [4.69, 9.17) is 45.4 Å². The lowest BCUT2D eigenvalue weighted by Crippen LogP contribution is -2.14. The third kappa shape index (κ3) is 34.7. The maximum absolute atomic E-state index is 12.6. The first-order chi connectivity index (χ1) is 66.8. The molecule has 142 heavy (non-hydrogen) atoms. The fourth-order valence-corrected chi connectivity index (χ4v) is 12.4. The van der Waals surface area contributed by atoms with Gasteiger partial charge in [-0.1, -0.05) is 54.6 Å². The van der Waals surface area contributed by atoms with Crippen molar-refractivity contribution in [3.8, 4) is 6.07 Å². The highest BCUT2D eigenvalue weighted by molar-refractivity contribution is 6.08. The normalized spacial score (nSPS) is 10.7. The Morgan fingerprint density at radius 1 is 0.310 bits per heavy atom. The predicted molar refractivity (Wildman–Crippen MR) is 530 cm³/mol. The van der Waals surface area contributed by atoms with Crippen molar-refractivity contribution in [2.45, 2.75) is 86.1 Å². The molecule has 0 aliphatic heterocycles. The molecule has 0 unspecified atom stereocenters. The van der Waals surface area contributed by atoms with Gasteiger partial charge in [0.2, 0.25) is 5.91 Å². The third-order valence-electron chi connectivity index (χ3n) is 20.5. The molecule has 0 radical (unpaired) electrons. The Morgan fingerprint density at radius 2 is 0.641 bits per heavy atom. The first-order valence-corrected chi connectivity index (χ1v) is 42.4. The lowest BCUT2D eigenvalue weighted by Gasteiger charge is -2.11. The average molecular weight is 1950 g/mol.